The first kappa shape index (κ1) is 14.5. The van der Waals surface area contributed by atoms with Gasteiger partial charge in [0.1, 0.15) is 0 Å². The van der Waals surface area contributed by atoms with Crippen molar-refractivity contribution in [2.24, 2.45) is 0 Å². The summed E-state index contributed by atoms with van der Waals surface area (Å²) in [5, 5.41) is 3.53. The molecule has 1 N–H and O–H groups in total. The van der Waals surface area contributed by atoms with E-state index in [9.17, 15) is 0 Å². The van der Waals surface area contributed by atoms with E-state index in [1.807, 2.05) is 0 Å². The third kappa shape index (κ3) is 6.22. The van der Waals surface area contributed by atoms with Gasteiger partial charge in [0.15, 0.2) is 0 Å². The van der Waals surface area contributed by atoms with E-state index in [2.05, 4.69) is 36.5 Å². The fourth-order valence-corrected chi connectivity index (χ4v) is 2.12. The smallest absolute Gasteiger partial charge is 0.0716 e. The predicted molar refractivity (Wildman–Crippen MR) is 80.1 cm³/mol. The molecule has 0 bridgehead atoms. The van der Waals surface area contributed by atoms with Gasteiger partial charge in [-0.3, -0.25) is 0 Å². The topological polar surface area (TPSA) is 21.3 Å². The van der Waals surface area contributed by atoms with Gasteiger partial charge in [0.05, 0.1) is 6.61 Å². The Kier molecular flexibility index (Phi) is 6.38. The largest absolute Gasteiger partial charge is 0.377 e. The maximum Gasteiger partial charge on any atom is 0.0716 e. The molecule has 2 rings (SSSR count). The molecule has 0 aliphatic heterocycles. The summed E-state index contributed by atoms with van der Waals surface area (Å²) in [5.74, 6) is 0. The molecule has 1 saturated carbocycles. The minimum atomic E-state index is 0.752. The van der Waals surface area contributed by atoms with E-state index in [4.69, 9.17) is 4.74 Å². The first-order chi connectivity index (χ1) is 9.38. The Morgan fingerprint density at radius 3 is 2.47 bits per heavy atom. The zero-order valence-electron chi connectivity index (χ0n) is 12.2. The van der Waals surface area contributed by atoms with Crippen LogP contribution in [0, 0.1) is 0 Å². The molecule has 0 amide bonds. The Bertz CT molecular complexity index is 343. The Hall–Kier alpha value is -0.860. The van der Waals surface area contributed by atoms with Gasteiger partial charge < -0.3 is 10.1 Å². The highest BCUT2D eigenvalue weighted by molar-refractivity contribution is 5.22. The van der Waals surface area contributed by atoms with Crippen LogP contribution in [0.5, 0.6) is 0 Å². The van der Waals surface area contributed by atoms with Gasteiger partial charge >= 0.3 is 0 Å². The zero-order chi connectivity index (χ0) is 13.3. The van der Waals surface area contributed by atoms with Crippen molar-refractivity contribution < 1.29 is 4.74 Å². The van der Waals surface area contributed by atoms with Crippen molar-refractivity contribution in [2.45, 2.75) is 64.6 Å². The number of unbranched alkanes of at least 4 members (excludes halogenated alkanes) is 3. The van der Waals surface area contributed by atoms with Crippen LogP contribution in [0.4, 0.5) is 0 Å². The molecule has 0 spiro atoms. The van der Waals surface area contributed by atoms with E-state index >= 15 is 0 Å². The normalized spacial score (nSPS) is 14.8. The molecule has 106 valence electrons. The lowest BCUT2D eigenvalue weighted by atomic mass is 10.1. The second-order valence-corrected chi connectivity index (χ2v) is 5.58. The molecule has 2 nitrogen and oxygen atoms in total. The third-order valence-electron chi connectivity index (χ3n) is 3.61. The molecule has 0 unspecified atom stereocenters. The first-order valence-corrected chi connectivity index (χ1v) is 7.77. The Morgan fingerprint density at radius 1 is 1.05 bits per heavy atom. The van der Waals surface area contributed by atoms with Gasteiger partial charge in [0.2, 0.25) is 0 Å². The monoisotopic (exact) mass is 261 g/mol. The van der Waals surface area contributed by atoms with E-state index in [1.54, 1.807) is 0 Å². The quantitative estimate of drug-likeness (QED) is 0.642. The second kappa shape index (κ2) is 8.34. The van der Waals surface area contributed by atoms with Crippen molar-refractivity contribution in [2.75, 3.05) is 6.61 Å². The summed E-state index contributed by atoms with van der Waals surface area (Å²) < 4.78 is 5.70. The molecule has 0 aromatic heterocycles. The Balaban J connectivity index is 1.58. The minimum Gasteiger partial charge on any atom is -0.377 e. The highest BCUT2D eigenvalue weighted by Crippen LogP contribution is 2.19. The Morgan fingerprint density at radius 2 is 1.79 bits per heavy atom. The van der Waals surface area contributed by atoms with Gasteiger partial charge in [-0.05, 0) is 30.4 Å². The Labute approximate surface area is 117 Å². The SMILES string of the molecule is CCCCCCOCc1ccc(CNC2CC2)cc1. The van der Waals surface area contributed by atoms with E-state index in [0.717, 1.165) is 25.8 Å². The van der Waals surface area contributed by atoms with Crippen LogP contribution < -0.4 is 5.32 Å². The number of ether oxygens (including phenoxy) is 1. The van der Waals surface area contributed by atoms with E-state index in [1.165, 1.54) is 49.7 Å². The minimum absolute atomic E-state index is 0.752. The molecular formula is C17H27NO. The van der Waals surface area contributed by atoms with Crippen LogP contribution in [0.3, 0.4) is 0 Å². The van der Waals surface area contributed by atoms with Gasteiger partial charge in [-0.25, -0.2) is 0 Å². The van der Waals surface area contributed by atoms with Gasteiger partial charge in [-0.1, -0.05) is 50.5 Å². The van der Waals surface area contributed by atoms with Crippen LogP contribution in [-0.4, -0.2) is 12.6 Å². The molecule has 2 heteroatoms. The summed E-state index contributed by atoms with van der Waals surface area (Å²) in [6.07, 6.45) is 7.80. The maximum absolute atomic E-state index is 5.70. The average molecular weight is 261 g/mol. The summed E-state index contributed by atoms with van der Waals surface area (Å²) >= 11 is 0. The van der Waals surface area contributed by atoms with Crippen LogP contribution >= 0.6 is 0 Å². The number of nitrogens with one attached hydrogen (secondary N) is 1. The van der Waals surface area contributed by atoms with E-state index in [-0.39, 0.29) is 0 Å². The molecule has 1 aromatic carbocycles. The summed E-state index contributed by atoms with van der Waals surface area (Å²) in [5.41, 5.74) is 2.66. The summed E-state index contributed by atoms with van der Waals surface area (Å²) in [4.78, 5) is 0. The standard InChI is InChI=1S/C17H27NO/c1-2-3-4-5-12-19-14-16-8-6-15(7-9-16)13-18-17-10-11-17/h6-9,17-18H,2-5,10-14H2,1H3. The van der Waals surface area contributed by atoms with Gasteiger partial charge in [0.25, 0.3) is 0 Å². The lowest BCUT2D eigenvalue weighted by Crippen LogP contribution is -2.15. The van der Waals surface area contributed by atoms with Crippen molar-refractivity contribution in [1.82, 2.24) is 5.32 Å². The number of benzene rings is 1. The van der Waals surface area contributed by atoms with E-state index in [0.29, 0.717) is 0 Å². The van der Waals surface area contributed by atoms with Crippen LogP contribution in [0.2, 0.25) is 0 Å². The van der Waals surface area contributed by atoms with Crippen molar-refractivity contribution in [3.8, 4) is 0 Å². The number of hydrogen-bond acceptors (Lipinski definition) is 2. The molecule has 0 saturated heterocycles. The van der Waals surface area contributed by atoms with Gasteiger partial charge in [0, 0.05) is 19.2 Å². The number of hydrogen-bond donors (Lipinski definition) is 1. The third-order valence-corrected chi connectivity index (χ3v) is 3.61. The predicted octanol–water partition coefficient (Wildman–Crippen LogP) is 4.04. The fourth-order valence-electron chi connectivity index (χ4n) is 2.12. The highest BCUT2D eigenvalue weighted by atomic mass is 16.5. The summed E-state index contributed by atoms with van der Waals surface area (Å²) in [6, 6.07) is 9.59. The van der Waals surface area contributed by atoms with Crippen LogP contribution in [0.1, 0.15) is 56.6 Å². The summed E-state index contributed by atoms with van der Waals surface area (Å²) in [7, 11) is 0. The molecule has 0 heterocycles. The zero-order valence-corrected chi connectivity index (χ0v) is 12.2. The van der Waals surface area contributed by atoms with Crippen LogP contribution in [-0.2, 0) is 17.9 Å². The number of rotatable bonds is 10. The molecule has 1 aromatic rings. The molecule has 19 heavy (non-hydrogen) atoms. The van der Waals surface area contributed by atoms with Gasteiger partial charge in [-0.2, -0.15) is 0 Å². The first-order valence-electron chi connectivity index (χ1n) is 7.77. The van der Waals surface area contributed by atoms with Crippen LogP contribution in [0.15, 0.2) is 24.3 Å². The molecule has 1 aliphatic rings. The van der Waals surface area contributed by atoms with Crippen molar-refractivity contribution in [3.63, 3.8) is 0 Å². The maximum atomic E-state index is 5.70. The molecule has 0 atom stereocenters. The van der Waals surface area contributed by atoms with Crippen LogP contribution in [0.25, 0.3) is 0 Å². The van der Waals surface area contributed by atoms with Crippen molar-refractivity contribution >= 4 is 0 Å². The molecule has 1 aliphatic carbocycles. The molecule has 0 radical (unpaired) electrons. The van der Waals surface area contributed by atoms with Crippen molar-refractivity contribution in [1.29, 1.82) is 0 Å². The molecular weight excluding hydrogens is 234 g/mol. The summed E-state index contributed by atoms with van der Waals surface area (Å²) in [6.45, 7) is 4.89. The lowest BCUT2D eigenvalue weighted by Gasteiger charge is -2.06. The lowest BCUT2D eigenvalue weighted by molar-refractivity contribution is 0.117. The van der Waals surface area contributed by atoms with Crippen molar-refractivity contribution in [3.05, 3.63) is 35.4 Å². The van der Waals surface area contributed by atoms with E-state index < -0.39 is 0 Å². The average Bonchev–Trinajstić information content (AvgIpc) is 3.26. The fraction of sp³-hybridized carbons (Fsp3) is 0.647. The second-order valence-electron chi connectivity index (χ2n) is 5.58. The highest BCUT2D eigenvalue weighted by Gasteiger charge is 2.19. The molecule has 1 fully saturated rings. The van der Waals surface area contributed by atoms with Gasteiger partial charge in [-0.15, -0.1) is 0 Å².